The van der Waals surface area contributed by atoms with Gasteiger partial charge in [-0.3, -0.25) is 19.6 Å². The first-order valence-electron chi connectivity index (χ1n) is 19.1. The quantitative estimate of drug-likeness (QED) is 0.268. The molecule has 2 saturated heterocycles. The topological polar surface area (TPSA) is 190 Å². The Balaban J connectivity index is 0.000000181. The highest BCUT2D eigenvalue weighted by molar-refractivity contribution is 5.85. The molecule has 0 bridgehead atoms. The number of aromatic nitrogens is 6. The lowest BCUT2D eigenvalue weighted by atomic mass is 9.75. The van der Waals surface area contributed by atoms with Crippen LogP contribution in [0, 0.1) is 33.5 Å². The highest BCUT2D eigenvalue weighted by atomic mass is 19.3. The Morgan fingerprint density at radius 2 is 1.02 bits per heavy atom. The summed E-state index contributed by atoms with van der Waals surface area (Å²) < 4.78 is 72.4. The number of alkyl halides is 4. The molecule has 0 spiro atoms. The summed E-state index contributed by atoms with van der Waals surface area (Å²) in [5.74, 6) is -6.70. The van der Waals surface area contributed by atoms with Gasteiger partial charge in [-0.05, 0) is 38.8 Å². The van der Waals surface area contributed by atoms with Crippen molar-refractivity contribution in [2.24, 2.45) is 10.8 Å². The molecule has 0 unspecified atom stereocenters. The van der Waals surface area contributed by atoms with Gasteiger partial charge in [-0.15, -0.1) is 0 Å². The number of piperidine rings is 2. The lowest BCUT2D eigenvalue weighted by Gasteiger charge is -2.46. The van der Waals surface area contributed by atoms with Crippen LogP contribution in [0.2, 0.25) is 0 Å². The first-order chi connectivity index (χ1) is 28.7. The van der Waals surface area contributed by atoms with E-state index in [9.17, 15) is 20.1 Å². The molecule has 0 N–H and O–H groups in total. The number of hydrogen-bond acceptors (Lipinski definition) is 14. The zero-order valence-electron chi connectivity index (χ0n) is 32.8. The maximum Gasteiger partial charge on any atom is 0.279 e. The van der Waals surface area contributed by atoms with E-state index in [0.717, 1.165) is 0 Å². The van der Waals surface area contributed by atoms with Crippen LogP contribution in [-0.4, -0.2) is 116 Å². The Morgan fingerprint density at radius 1 is 0.633 bits per heavy atom. The molecule has 60 heavy (non-hydrogen) atoms. The summed E-state index contributed by atoms with van der Waals surface area (Å²) >= 11 is 0. The van der Waals surface area contributed by atoms with Crippen LogP contribution in [0.1, 0.15) is 48.9 Å². The third kappa shape index (κ3) is 7.76. The minimum Gasteiger partial charge on any atom is -0.490 e. The number of fused-ring (bicyclic) bond motifs is 2. The number of hydrogen-bond donors (Lipinski definition) is 0. The second-order valence-electron chi connectivity index (χ2n) is 15.2. The van der Waals surface area contributed by atoms with Crippen molar-refractivity contribution in [3.8, 4) is 23.6 Å². The molecule has 0 saturated carbocycles. The Labute approximate surface area is 342 Å². The number of ether oxygens (including phenoxy) is 2. The molecule has 0 radical (unpaired) electrons. The van der Waals surface area contributed by atoms with E-state index < -0.39 is 47.6 Å². The molecule has 2 fully saturated rings. The fourth-order valence-corrected chi connectivity index (χ4v) is 7.69. The number of amides is 2. The van der Waals surface area contributed by atoms with E-state index in [0.29, 0.717) is 22.6 Å². The second kappa shape index (κ2) is 16.5. The Morgan fingerprint density at radius 3 is 1.37 bits per heavy atom. The monoisotopic (exact) mass is 828 g/mol. The number of nitrogens with zero attached hydrogens (tertiary/aromatic N) is 12. The summed E-state index contributed by atoms with van der Waals surface area (Å²) in [5, 5.41) is 18.5. The molecule has 4 aliphatic heterocycles. The van der Waals surface area contributed by atoms with Crippen LogP contribution >= 0.6 is 0 Å². The van der Waals surface area contributed by atoms with Crippen molar-refractivity contribution in [2.75, 3.05) is 62.3 Å². The average molecular weight is 829 g/mol. The van der Waals surface area contributed by atoms with Crippen LogP contribution in [-0.2, 0) is 22.7 Å². The minimum absolute atomic E-state index is 0.0439. The number of carbonyl (C=O) groups excluding carboxylic acids is 2. The smallest absolute Gasteiger partial charge is 0.279 e. The van der Waals surface area contributed by atoms with Gasteiger partial charge in [-0.2, -0.15) is 10.5 Å². The SMILES string of the molecule is C[C@@]1(C(=O)N2CCOc3c(C#N)cncc3C2)CCN(c2ncccn2)CC1(F)F.C[C@]1(C(=O)N2CCOc3c(C#N)cncc3C2)CCN(c2ncccn2)CC1(F)F. The molecule has 2 amide bonds. The van der Waals surface area contributed by atoms with Crippen molar-refractivity contribution < 1.29 is 36.6 Å². The third-order valence-corrected chi connectivity index (χ3v) is 11.5. The summed E-state index contributed by atoms with van der Waals surface area (Å²) in [6.07, 6.45) is 11.7. The standard InChI is InChI=1S/2C20H20F2N6O2/c2*1-19(3-6-28(13-20(19,21)22)18-25-4-2-5-26-18)17(29)27-7-8-30-16-14(9-23)10-24-11-15(16)12-27/h2*2,4-5,10-11H,3,6-8,12-13H2,1H3/t2*19-/m10/s1. The van der Waals surface area contributed by atoms with Crippen molar-refractivity contribution in [3.05, 3.63) is 84.0 Å². The van der Waals surface area contributed by atoms with Crippen molar-refractivity contribution >= 4 is 23.7 Å². The molecule has 2 atom stereocenters. The number of anilines is 2. The van der Waals surface area contributed by atoms with Crippen LogP contribution in [0.15, 0.2) is 61.7 Å². The van der Waals surface area contributed by atoms with E-state index in [1.165, 1.54) is 83.0 Å². The van der Waals surface area contributed by atoms with Gasteiger partial charge in [-0.1, -0.05) is 0 Å². The van der Waals surface area contributed by atoms with Crippen LogP contribution in [0.25, 0.3) is 0 Å². The molecule has 4 aromatic heterocycles. The van der Waals surface area contributed by atoms with Crippen LogP contribution in [0.4, 0.5) is 29.5 Å². The van der Waals surface area contributed by atoms with E-state index in [-0.39, 0.29) is 88.3 Å². The zero-order valence-corrected chi connectivity index (χ0v) is 32.8. The van der Waals surface area contributed by atoms with E-state index in [1.807, 2.05) is 12.1 Å². The fraction of sp³-hybridized carbons (Fsp3) is 0.450. The molecular weight excluding hydrogens is 789 g/mol. The van der Waals surface area contributed by atoms with E-state index in [2.05, 4.69) is 29.9 Å². The summed E-state index contributed by atoms with van der Waals surface area (Å²) in [7, 11) is 0. The van der Waals surface area contributed by atoms with Gasteiger partial charge in [0.25, 0.3) is 11.8 Å². The summed E-state index contributed by atoms with van der Waals surface area (Å²) in [6, 6.07) is 7.24. The number of carbonyl (C=O) groups is 2. The summed E-state index contributed by atoms with van der Waals surface area (Å²) in [6.45, 7) is 2.48. The maximum absolute atomic E-state index is 15.3. The van der Waals surface area contributed by atoms with E-state index in [4.69, 9.17) is 9.47 Å². The Kier molecular flexibility index (Phi) is 11.4. The number of pyridine rings is 2. The average Bonchev–Trinajstić information content (AvgIpc) is 3.62. The maximum atomic E-state index is 15.3. The molecule has 20 heteroatoms. The van der Waals surface area contributed by atoms with Gasteiger partial charge < -0.3 is 29.1 Å². The first-order valence-corrected chi connectivity index (χ1v) is 19.1. The van der Waals surface area contributed by atoms with Crippen LogP contribution < -0.4 is 19.3 Å². The zero-order chi connectivity index (χ0) is 42.7. The van der Waals surface area contributed by atoms with Gasteiger partial charge in [0.15, 0.2) is 0 Å². The van der Waals surface area contributed by atoms with Gasteiger partial charge in [0.1, 0.15) is 58.8 Å². The lowest BCUT2D eigenvalue weighted by Crippen LogP contribution is -2.61. The Bertz CT molecular complexity index is 2150. The predicted molar refractivity (Wildman–Crippen MR) is 204 cm³/mol. The molecule has 0 aliphatic carbocycles. The van der Waals surface area contributed by atoms with Gasteiger partial charge in [-0.25, -0.2) is 37.5 Å². The van der Waals surface area contributed by atoms with E-state index >= 15 is 17.6 Å². The first kappa shape index (κ1) is 41.5. The molecule has 4 aliphatic rings. The minimum atomic E-state index is -3.29. The predicted octanol–water partition coefficient (Wildman–Crippen LogP) is 4.03. The molecule has 312 valence electrons. The molecule has 0 aromatic carbocycles. The third-order valence-electron chi connectivity index (χ3n) is 11.5. The highest BCUT2D eigenvalue weighted by Gasteiger charge is 2.61. The Hall–Kier alpha value is -6.70. The van der Waals surface area contributed by atoms with E-state index in [1.54, 1.807) is 12.1 Å². The highest BCUT2D eigenvalue weighted by Crippen LogP contribution is 2.47. The van der Waals surface area contributed by atoms with Crippen molar-refractivity contribution in [1.29, 1.82) is 10.5 Å². The summed E-state index contributed by atoms with van der Waals surface area (Å²) in [5.41, 5.74) is -2.17. The lowest BCUT2D eigenvalue weighted by molar-refractivity contribution is -0.174. The van der Waals surface area contributed by atoms with Crippen molar-refractivity contribution in [2.45, 2.75) is 51.6 Å². The number of halogens is 4. The molecule has 16 nitrogen and oxygen atoms in total. The van der Waals surface area contributed by atoms with Gasteiger partial charge in [0.2, 0.25) is 23.7 Å². The molecule has 4 aromatic rings. The largest absolute Gasteiger partial charge is 0.490 e. The van der Waals surface area contributed by atoms with Crippen LogP contribution in [0.5, 0.6) is 11.5 Å². The normalized spacial score (nSPS) is 23.0. The van der Waals surface area contributed by atoms with Gasteiger partial charge in [0.05, 0.1) is 39.3 Å². The van der Waals surface area contributed by atoms with Crippen molar-refractivity contribution in [1.82, 2.24) is 39.7 Å². The number of nitriles is 2. The van der Waals surface area contributed by atoms with Crippen molar-refractivity contribution in [3.63, 3.8) is 0 Å². The molecular formula is C40H40F4N12O4. The fourth-order valence-electron chi connectivity index (χ4n) is 7.69. The second-order valence-corrected chi connectivity index (χ2v) is 15.2. The van der Waals surface area contributed by atoms with Gasteiger partial charge >= 0.3 is 0 Å². The van der Waals surface area contributed by atoms with Crippen LogP contribution in [0.3, 0.4) is 0 Å². The number of rotatable bonds is 4. The summed E-state index contributed by atoms with van der Waals surface area (Å²) in [4.78, 5) is 56.3. The molecule has 8 rings (SSSR count). The molecule has 8 heterocycles. The van der Waals surface area contributed by atoms with Gasteiger partial charge in [0, 0.05) is 73.8 Å².